The molecule has 0 aliphatic rings. The zero-order valence-electron chi connectivity index (χ0n) is 11.8. The smallest absolute Gasteiger partial charge is 0.142 e. The van der Waals surface area contributed by atoms with Crippen molar-refractivity contribution in [2.45, 2.75) is 27.3 Å². The van der Waals surface area contributed by atoms with Gasteiger partial charge in [0.1, 0.15) is 11.6 Å². The van der Waals surface area contributed by atoms with Crippen LogP contribution in [0.15, 0.2) is 18.3 Å². The summed E-state index contributed by atoms with van der Waals surface area (Å²) in [5.74, 6) is 1.51. The van der Waals surface area contributed by atoms with Gasteiger partial charge in [0.15, 0.2) is 0 Å². The van der Waals surface area contributed by atoms with E-state index in [1.807, 2.05) is 6.07 Å². The van der Waals surface area contributed by atoms with Crippen LogP contribution in [-0.2, 0) is 6.54 Å². The zero-order chi connectivity index (χ0) is 14.0. The predicted octanol–water partition coefficient (Wildman–Crippen LogP) is 2.54. The molecule has 0 saturated carbocycles. The average Bonchev–Trinajstić information content (AvgIpc) is 2.42. The maximum absolute atomic E-state index is 5.60. The predicted molar refractivity (Wildman–Crippen MR) is 76.1 cm³/mol. The molecule has 1 aromatic carbocycles. The number of rotatable bonds is 3. The summed E-state index contributed by atoms with van der Waals surface area (Å²) in [6.07, 6.45) is 1.73. The SMILES string of the molecule is COc1c(C)c(C)cc(C)c1-c1ccnc(CN)n1. The van der Waals surface area contributed by atoms with E-state index in [1.165, 1.54) is 5.56 Å². The number of aromatic nitrogens is 2. The maximum atomic E-state index is 5.60. The summed E-state index contributed by atoms with van der Waals surface area (Å²) >= 11 is 0. The highest BCUT2D eigenvalue weighted by molar-refractivity contribution is 5.73. The van der Waals surface area contributed by atoms with E-state index in [1.54, 1.807) is 13.3 Å². The molecule has 4 heteroatoms. The van der Waals surface area contributed by atoms with E-state index in [4.69, 9.17) is 10.5 Å². The van der Waals surface area contributed by atoms with E-state index in [9.17, 15) is 0 Å². The van der Waals surface area contributed by atoms with Gasteiger partial charge in [-0.2, -0.15) is 0 Å². The van der Waals surface area contributed by atoms with Gasteiger partial charge in [-0.05, 0) is 43.5 Å². The number of nitrogens with two attached hydrogens (primary N) is 1. The first kappa shape index (κ1) is 13.5. The van der Waals surface area contributed by atoms with Crippen molar-refractivity contribution in [3.63, 3.8) is 0 Å². The Morgan fingerprint density at radius 2 is 1.95 bits per heavy atom. The van der Waals surface area contributed by atoms with E-state index in [-0.39, 0.29) is 0 Å². The van der Waals surface area contributed by atoms with Crippen LogP contribution in [0, 0.1) is 20.8 Å². The van der Waals surface area contributed by atoms with Crippen LogP contribution in [0.25, 0.3) is 11.3 Å². The molecule has 0 aliphatic heterocycles. The third-order valence-electron chi connectivity index (χ3n) is 3.33. The molecule has 4 nitrogen and oxygen atoms in total. The Kier molecular flexibility index (Phi) is 3.81. The number of benzene rings is 1. The zero-order valence-corrected chi connectivity index (χ0v) is 11.8. The van der Waals surface area contributed by atoms with Crippen molar-refractivity contribution in [3.05, 3.63) is 40.8 Å². The first-order valence-electron chi connectivity index (χ1n) is 6.25. The van der Waals surface area contributed by atoms with Crippen molar-refractivity contribution in [1.82, 2.24) is 9.97 Å². The summed E-state index contributed by atoms with van der Waals surface area (Å²) in [5, 5.41) is 0. The first-order chi connectivity index (χ1) is 9.08. The molecule has 0 spiro atoms. The highest BCUT2D eigenvalue weighted by Crippen LogP contribution is 2.36. The number of aryl methyl sites for hydroxylation is 2. The fourth-order valence-electron chi connectivity index (χ4n) is 2.26. The number of ether oxygens (including phenoxy) is 1. The molecule has 0 aliphatic carbocycles. The Labute approximate surface area is 113 Å². The van der Waals surface area contributed by atoms with E-state index in [2.05, 4.69) is 36.8 Å². The van der Waals surface area contributed by atoms with Crippen molar-refractivity contribution in [3.8, 4) is 17.0 Å². The van der Waals surface area contributed by atoms with E-state index in [0.29, 0.717) is 12.4 Å². The first-order valence-corrected chi connectivity index (χ1v) is 6.25. The number of methoxy groups -OCH3 is 1. The van der Waals surface area contributed by atoms with Gasteiger partial charge in [0, 0.05) is 11.8 Å². The van der Waals surface area contributed by atoms with Gasteiger partial charge in [0.05, 0.1) is 19.3 Å². The fourth-order valence-corrected chi connectivity index (χ4v) is 2.26. The highest BCUT2D eigenvalue weighted by Gasteiger charge is 2.15. The summed E-state index contributed by atoms with van der Waals surface area (Å²) < 4.78 is 5.57. The second-order valence-electron chi connectivity index (χ2n) is 4.61. The fraction of sp³-hybridized carbons (Fsp3) is 0.333. The summed E-state index contributed by atoms with van der Waals surface area (Å²) in [5.41, 5.74) is 11.0. The van der Waals surface area contributed by atoms with Crippen LogP contribution in [0.3, 0.4) is 0 Å². The molecule has 1 aromatic heterocycles. The number of nitrogens with zero attached hydrogens (tertiary/aromatic N) is 2. The topological polar surface area (TPSA) is 61.0 Å². The van der Waals surface area contributed by atoms with Gasteiger partial charge in [-0.3, -0.25) is 0 Å². The van der Waals surface area contributed by atoms with Gasteiger partial charge >= 0.3 is 0 Å². The third kappa shape index (κ3) is 2.44. The lowest BCUT2D eigenvalue weighted by Crippen LogP contribution is -2.04. The molecule has 100 valence electrons. The normalized spacial score (nSPS) is 10.6. The molecule has 0 bridgehead atoms. The van der Waals surface area contributed by atoms with Crippen LogP contribution in [-0.4, -0.2) is 17.1 Å². The molecule has 2 rings (SSSR count). The van der Waals surface area contributed by atoms with Gasteiger partial charge < -0.3 is 10.5 Å². The minimum atomic E-state index is 0.333. The molecule has 0 radical (unpaired) electrons. The lowest BCUT2D eigenvalue weighted by atomic mass is 9.97. The van der Waals surface area contributed by atoms with Gasteiger partial charge in [0.2, 0.25) is 0 Å². The molecule has 0 atom stereocenters. The van der Waals surface area contributed by atoms with Crippen LogP contribution in [0.4, 0.5) is 0 Å². The average molecular weight is 257 g/mol. The number of hydrogen-bond acceptors (Lipinski definition) is 4. The van der Waals surface area contributed by atoms with Crippen LogP contribution >= 0.6 is 0 Å². The molecule has 1 heterocycles. The third-order valence-corrected chi connectivity index (χ3v) is 3.33. The van der Waals surface area contributed by atoms with Crippen molar-refractivity contribution in [2.24, 2.45) is 5.73 Å². The molecule has 19 heavy (non-hydrogen) atoms. The monoisotopic (exact) mass is 257 g/mol. The summed E-state index contributed by atoms with van der Waals surface area (Å²) in [7, 11) is 1.69. The van der Waals surface area contributed by atoms with Crippen molar-refractivity contribution < 1.29 is 4.74 Å². The second kappa shape index (κ2) is 5.36. The standard InChI is InChI=1S/C15H19N3O/c1-9-7-10(2)14(15(19-4)11(9)3)12-5-6-17-13(8-16)18-12/h5-7H,8,16H2,1-4H3. The molecular weight excluding hydrogens is 238 g/mol. The second-order valence-corrected chi connectivity index (χ2v) is 4.61. The number of hydrogen-bond donors (Lipinski definition) is 1. The lowest BCUT2D eigenvalue weighted by molar-refractivity contribution is 0.412. The summed E-state index contributed by atoms with van der Waals surface area (Å²) in [6.45, 7) is 6.54. The molecule has 2 aromatic rings. The van der Waals surface area contributed by atoms with Crippen molar-refractivity contribution in [1.29, 1.82) is 0 Å². The lowest BCUT2D eigenvalue weighted by Gasteiger charge is -2.16. The Hall–Kier alpha value is -1.94. The quantitative estimate of drug-likeness (QED) is 0.918. The Balaban J connectivity index is 2.70. The van der Waals surface area contributed by atoms with Crippen LogP contribution in [0.5, 0.6) is 5.75 Å². The molecule has 0 unspecified atom stereocenters. The molecule has 0 fully saturated rings. The van der Waals surface area contributed by atoms with Gasteiger partial charge in [0.25, 0.3) is 0 Å². The maximum Gasteiger partial charge on any atom is 0.142 e. The van der Waals surface area contributed by atoms with Crippen LogP contribution in [0.2, 0.25) is 0 Å². The minimum absolute atomic E-state index is 0.333. The van der Waals surface area contributed by atoms with Gasteiger partial charge in [-0.15, -0.1) is 0 Å². The molecule has 0 amide bonds. The van der Waals surface area contributed by atoms with Gasteiger partial charge in [-0.1, -0.05) is 6.07 Å². The highest BCUT2D eigenvalue weighted by atomic mass is 16.5. The summed E-state index contributed by atoms with van der Waals surface area (Å²) in [6, 6.07) is 4.04. The summed E-state index contributed by atoms with van der Waals surface area (Å²) in [4.78, 5) is 8.62. The Bertz CT molecular complexity index is 609. The molecule has 0 saturated heterocycles. The Morgan fingerprint density at radius 3 is 2.58 bits per heavy atom. The minimum Gasteiger partial charge on any atom is -0.496 e. The van der Waals surface area contributed by atoms with E-state index >= 15 is 0 Å². The Morgan fingerprint density at radius 1 is 1.21 bits per heavy atom. The van der Waals surface area contributed by atoms with Crippen LogP contribution < -0.4 is 10.5 Å². The molecule has 2 N–H and O–H groups in total. The van der Waals surface area contributed by atoms with Crippen molar-refractivity contribution in [2.75, 3.05) is 7.11 Å². The van der Waals surface area contributed by atoms with E-state index in [0.717, 1.165) is 28.1 Å². The largest absolute Gasteiger partial charge is 0.496 e. The van der Waals surface area contributed by atoms with E-state index < -0.39 is 0 Å². The van der Waals surface area contributed by atoms with Crippen LogP contribution in [0.1, 0.15) is 22.5 Å². The van der Waals surface area contributed by atoms with Gasteiger partial charge in [-0.25, -0.2) is 9.97 Å². The van der Waals surface area contributed by atoms with Crippen molar-refractivity contribution >= 4 is 0 Å². The molecular formula is C15H19N3O.